The second-order valence-corrected chi connectivity index (χ2v) is 9.29. The van der Waals surface area contributed by atoms with E-state index in [9.17, 15) is 14.4 Å². The Morgan fingerprint density at radius 1 is 0.806 bits per heavy atom. The molecule has 0 atom stereocenters. The molecule has 0 saturated heterocycles. The normalized spacial score (nSPS) is 14.8. The van der Waals surface area contributed by atoms with E-state index in [1.165, 1.54) is 6.08 Å². The van der Waals surface area contributed by atoms with Gasteiger partial charge in [-0.1, -0.05) is 61.7 Å². The lowest BCUT2D eigenvalue weighted by Crippen LogP contribution is -2.40. The third kappa shape index (κ3) is 6.48. The van der Waals surface area contributed by atoms with E-state index >= 15 is 0 Å². The van der Waals surface area contributed by atoms with Crippen LogP contribution in [0.15, 0.2) is 84.9 Å². The summed E-state index contributed by atoms with van der Waals surface area (Å²) < 4.78 is 0. The van der Waals surface area contributed by atoms with Crippen molar-refractivity contribution in [2.45, 2.75) is 38.5 Å². The van der Waals surface area contributed by atoms with Gasteiger partial charge in [-0.3, -0.25) is 9.59 Å². The van der Waals surface area contributed by atoms with Gasteiger partial charge >= 0.3 is 5.97 Å². The van der Waals surface area contributed by atoms with Crippen LogP contribution in [0.3, 0.4) is 0 Å². The van der Waals surface area contributed by atoms with Gasteiger partial charge < -0.3 is 15.7 Å². The van der Waals surface area contributed by atoms with Crippen LogP contribution in [0.2, 0.25) is 0 Å². The second-order valence-electron chi connectivity index (χ2n) is 9.29. The molecule has 1 aliphatic carbocycles. The van der Waals surface area contributed by atoms with Crippen LogP contribution in [0.4, 0.5) is 11.4 Å². The average Bonchev–Trinajstić information content (AvgIpc) is 2.90. The molecule has 0 bridgehead atoms. The highest BCUT2D eigenvalue weighted by Gasteiger charge is 2.39. The van der Waals surface area contributed by atoms with E-state index in [2.05, 4.69) is 10.6 Å². The summed E-state index contributed by atoms with van der Waals surface area (Å²) in [7, 11) is 0. The molecule has 36 heavy (non-hydrogen) atoms. The smallest absolute Gasteiger partial charge is 0.328 e. The summed E-state index contributed by atoms with van der Waals surface area (Å²) in [6.07, 6.45) is 7.94. The molecule has 1 saturated carbocycles. The molecule has 3 aromatic rings. The van der Waals surface area contributed by atoms with Crippen molar-refractivity contribution in [3.05, 3.63) is 102 Å². The van der Waals surface area contributed by atoms with E-state index < -0.39 is 11.4 Å². The number of nitrogens with one attached hydrogen (secondary N) is 2. The van der Waals surface area contributed by atoms with Crippen LogP contribution in [-0.4, -0.2) is 22.9 Å². The van der Waals surface area contributed by atoms with Gasteiger partial charge in [0.05, 0.1) is 5.41 Å². The fourth-order valence-corrected chi connectivity index (χ4v) is 4.75. The third-order valence-electron chi connectivity index (χ3n) is 6.65. The Kier molecular flexibility index (Phi) is 7.95. The molecule has 1 fully saturated rings. The first-order valence-corrected chi connectivity index (χ1v) is 12.2. The number of rotatable bonds is 8. The minimum absolute atomic E-state index is 0.0111. The average molecular weight is 483 g/mol. The van der Waals surface area contributed by atoms with Crippen molar-refractivity contribution >= 4 is 35.2 Å². The molecular formula is C30H30N2O4. The SMILES string of the molecule is O=C(O)/C=C/c1cccc(NC(=O)C2(Cc3ccc(NC(=O)c4ccccc4)cc3)CCCCC2)c1. The number of carboxylic acid groups (broad SMARTS) is 1. The van der Waals surface area contributed by atoms with E-state index in [1.54, 1.807) is 30.3 Å². The molecular weight excluding hydrogens is 452 g/mol. The third-order valence-corrected chi connectivity index (χ3v) is 6.65. The lowest BCUT2D eigenvalue weighted by molar-refractivity contribution is -0.131. The molecule has 0 radical (unpaired) electrons. The number of carbonyl (C=O) groups is 3. The van der Waals surface area contributed by atoms with Crippen molar-refractivity contribution in [1.82, 2.24) is 0 Å². The van der Waals surface area contributed by atoms with E-state index in [4.69, 9.17) is 5.11 Å². The van der Waals surface area contributed by atoms with Gasteiger partial charge in [0.25, 0.3) is 5.91 Å². The summed E-state index contributed by atoms with van der Waals surface area (Å²) >= 11 is 0. The maximum atomic E-state index is 13.6. The standard InChI is InChI=1S/C30H30N2O4/c33-27(34)17-14-22-8-7-11-26(20-22)32-29(36)30(18-5-2-6-19-30)21-23-12-15-25(16-13-23)31-28(35)24-9-3-1-4-10-24/h1,3-4,7-17,20H,2,5-6,18-19,21H2,(H,31,35)(H,32,36)(H,33,34)/b17-14+. The van der Waals surface area contributed by atoms with Gasteiger partial charge in [0.15, 0.2) is 0 Å². The Labute approximate surface area is 211 Å². The molecule has 2 amide bonds. The summed E-state index contributed by atoms with van der Waals surface area (Å²) in [5, 5.41) is 14.9. The van der Waals surface area contributed by atoms with Crippen LogP contribution < -0.4 is 10.6 Å². The van der Waals surface area contributed by atoms with Gasteiger partial charge in [-0.2, -0.15) is 0 Å². The fourth-order valence-electron chi connectivity index (χ4n) is 4.75. The molecule has 4 rings (SSSR count). The van der Waals surface area contributed by atoms with Gasteiger partial charge in [0, 0.05) is 23.0 Å². The summed E-state index contributed by atoms with van der Waals surface area (Å²) in [6.45, 7) is 0. The second kappa shape index (κ2) is 11.5. The Balaban J connectivity index is 1.46. The van der Waals surface area contributed by atoms with E-state index in [0.29, 0.717) is 28.9 Å². The molecule has 0 unspecified atom stereocenters. The number of hydrogen-bond acceptors (Lipinski definition) is 3. The Hall–Kier alpha value is -4.19. The molecule has 6 nitrogen and oxygen atoms in total. The van der Waals surface area contributed by atoms with Gasteiger partial charge in [-0.05, 0) is 72.9 Å². The summed E-state index contributed by atoms with van der Waals surface area (Å²) in [4.78, 5) is 36.8. The highest BCUT2D eigenvalue weighted by molar-refractivity contribution is 6.04. The Morgan fingerprint density at radius 2 is 1.53 bits per heavy atom. The Bertz CT molecular complexity index is 1240. The van der Waals surface area contributed by atoms with Crippen LogP contribution in [0.1, 0.15) is 53.6 Å². The molecule has 3 N–H and O–H groups in total. The first-order valence-electron chi connectivity index (χ1n) is 12.2. The molecule has 0 spiro atoms. The van der Waals surface area contributed by atoms with Crippen LogP contribution in [0.25, 0.3) is 6.08 Å². The number of anilines is 2. The highest BCUT2D eigenvalue weighted by Crippen LogP contribution is 2.40. The summed E-state index contributed by atoms with van der Waals surface area (Å²) in [5.74, 6) is -1.19. The topological polar surface area (TPSA) is 95.5 Å². The van der Waals surface area contributed by atoms with Crippen LogP contribution in [0.5, 0.6) is 0 Å². The summed E-state index contributed by atoms with van der Waals surface area (Å²) in [5.41, 5.74) is 3.20. The molecule has 0 aromatic heterocycles. The maximum Gasteiger partial charge on any atom is 0.328 e. The molecule has 0 aliphatic heterocycles. The molecule has 6 heteroatoms. The zero-order valence-electron chi connectivity index (χ0n) is 20.1. The number of carboxylic acids is 1. The van der Waals surface area contributed by atoms with Gasteiger partial charge in [-0.25, -0.2) is 4.79 Å². The maximum absolute atomic E-state index is 13.6. The number of amides is 2. The number of aliphatic carboxylic acids is 1. The zero-order valence-corrected chi connectivity index (χ0v) is 20.1. The van der Waals surface area contributed by atoms with Crippen molar-refractivity contribution in [3.8, 4) is 0 Å². The largest absolute Gasteiger partial charge is 0.478 e. The minimum atomic E-state index is -1.02. The van der Waals surface area contributed by atoms with Crippen molar-refractivity contribution in [2.24, 2.45) is 5.41 Å². The molecule has 184 valence electrons. The quantitative estimate of drug-likeness (QED) is 0.335. The van der Waals surface area contributed by atoms with Crippen molar-refractivity contribution in [2.75, 3.05) is 10.6 Å². The zero-order chi connectivity index (χ0) is 25.4. The van der Waals surface area contributed by atoms with Crippen molar-refractivity contribution in [1.29, 1.82) is 0 Å². The van der Waals surface area contributed by atoms with Gasteiger partial charge in [0.1, 0.15) is 0 Å². The van der Waals surface area contributed by atoms with Crippen LogP contribution in [-0.2, 0) is 16.0 Å². The van der Waals surface area contributed by atoms with Gasteiger partial charge in [0.2, 0.25) is 5.91 Å². The van der Waals surface area contributed by atoms with Gasteiger partial charge in [-0.15, -0.1) is 0 Å². The monoisotopic (exact) mass is 482 g/mol. The van der Waals surface area contributed by atoms with E-state index in [-0.39, 0.29) is 11.8 Å². The molecule has 0 heterocycles. The highest BCUT2D eigenvalue weighted by atomic mass is 16.4. The van der Waals surface area contributed by atoms with E-state index in [0.717, 1.165) is 43.7 Å². The van der Waals surface area contributed by atoms with E-state index in [1.807, 2.05) is 48.5 Å². The number of carbonyl (C=O) groups excluding carboxylic acids is 2. The summed E-state index contributed by atoms with van der Waals surface area (Å²) in [6, 6.07) is 24.0. The lowest BCUT2D eigenvalue weighted by atomic mass is 9.69. The van der Waals surface area contributed by atoms with Crippen molar-refractivity contribution < 1.29 is 19.5 Å². The van der Waals surface area contributed by atoms with Crippen LogP contribution >= 0.6 is 0 Å². The fraction of sp³-hybridized carbons (Fsp3) is 0.233. The number of benzene rings is 3. The minimum Gasteiger partial charge on any atom is -0.478 e. The lowest BCUT2D eigenvalue weighted by Gasteiger charge is -2.36. The molecule has 1 aliphatic rings. The van der Waals surface area contributed by atoms with Crippen molar-refractivity contribution in [3.63, 3.8) is 0 Å². The Morgan fingerprint density at radius 3 is 2.22 bits per heavy atom. The first kappa shape index (κ1) is 24.9. The molecule has 3 aromatic carbocycles. The number of hydrogen-bond donors (Lipinski definition) is 3. The predicted molar refractivity (Wildman–Crippen MR) is 142 cm³/mol. The van der Waals surface area contributed by atoms with Crippen LogP contribution in [0, 0.1) is 5.41 Å². The predicted octanol–water partition coefficient (Wildman–Crippen LogP) is 6.17. The first-order chi connectivity index (χ1) is 17.4.